The molecule has 0 amide bonds. The third-order valence-electron chi connectivity index (χ3n) is 0. The van der Waals surface area contributed by atoms with Gasteiger partial charge in [0.25, 0.3) is 0 Å². The summed E-state index contributed by atoms with van der Waals surface area (Å²) in [7, 11) is 0. The van der Waals surface area contributed by atoms with Crippen LogP contribution in [0.15, 0.2) is 0 Å². The molecule has 0 bridgehead atoms. The van der Waals surface area contributed by atoms with Gasteiger partial charge in [0, 0.05) is 19.5 Å². The van der Waals surface area contributed by atoms with Gasteiger partial charge < -0.3 is 0 Å². The predicted molar refractivity (Wildman–Crippen MR) is 7.08 cm³/mol. The van der Waals surface area contributed by atoms with Crippen LogP contribution in [0, 0.1) is 0 Å². The van der Waals surface area contributed by atoms with Crippen molar-refractivity contribution in [2.24, 2.45) is 0 Å². The van der Waals surface area contributed by atoms with Crippen LogP contribution < -0.4 is 0 Å². The number of hydrogen-bond donors (Lipinski definition) is 0. The van der Waals surface area contributed by atoms with Crippen LogP contribution in [0.25, 0.3) is 0 Å². The molecule has 0 aliphatic heterocycles. The van der Waals surface area contributed by atoms with Crippen molar-refractivity contribution < 1.29 is 28.3 Å². The molecule has 28 valence electrons. The van der Waals surface area contributed by atoms with Crippen molar-refractivity contribution >= 4 is 0 Å². The molecule has 0 nitrogen and oxygen atoms in total. The Morgan fingerprint density at radius 2 is 1.25 bits per heavy atom. The molecule has 0 N–H and O–H groups in total. The summed E-state index contributed by atoms with van der Waals surface area (Å²) in [5.41, 5.74) is 0. The molecule has 0 aromatic carbocycles. The second-order valence-electron chi connectivity index (χ2n) is 0.101. The minimum atomic E-state index is -1.75. The third kappa shape index (κ3) is 23.4. The molecular weight excluding hydrogens is 151 g/mol. The fourth-order valence-corrected chi connectivity index (χ4v) is 0. The number of rotatable bonds is 0. The van der Waals surface area contributed by atoms with E-state index in [4.69, 9.17) is 0 Å². The summed E-state index contributed by atoms with van der Waals surface area (Å²) in [5, 5.41) is 0. The van der Waals surface area contributed by atoms with Gasteiger partial charge in [-0.3, -0.25) is 0 Å². The maximum atomic E-state index is 9.62. The van der Waals surface area contributed by atoms with Gasteiger partial charge in [-0.2, -0.15) is 0 Å². The molecule has 0 aliphatic rings. The Balaban J connectivity index is 0. The maximum Gasteiger partial charge on any atom is 0.229 e. The van der Waals surface area contributed by atoms with E-state index in [0.717, 1.165) is 0 Å². The minimum absolute atomic E-state index is 0. The zero-order valence-electron chi connectivity index (χ0n) is 1.82. The summed E-state index contributed by atoms with van der Waals surface area (Å²) in [5.74, 6) is 0. The van der Waals surface area contributed by atoms with Crippen molar-refractivity contribution in [3.05, 3.63) is 0 Å². The molecule has 0 unspecified atom stereocenters. The fraction of sp³-hybridized carbons (Fsp3) is 1.00. The Hall–Kier alpha value is 0.483. The van der Waals surface area contributed by atoms with Gasteiger partial charge in [0.05, 0.1) is 0 Å². The first-order valence-electron chi connectivity index (χ1n) is 0.535. The number of hydrogen-bond acceptors (Lipinski definition) is 0. The molecule has 4 heavy (non-hydrogen) atoms. The Bertz CT molecular complexity index is 6.00. The van der Waals surface area contributed by atoms with Gasteiger partial charge in [-0.25, -0.2) is 8.78 Å². The van der Waals surface area contributed by atoms with Gasteiger partial charge in [0.1, 0.15) is 0 Å². The number of halogens is 2. The number of alkyl halides is 2. The third-order valence-corrected chi connectivity index (χ3v) is 0. The van der Waals surface area contributed by atoms with Crippen LogP contribution in [0.4, 0.5) is 8.78 Å². The van der Waals surface area contributed by atoms with E-state index >= 15 is 0 Å². The maximum absolute atomic E-state index is 9.62. The first-order valence-corrected chi connectivity index (χ1v) is 0.535. The molecule has 0 atom stereocenters. The second-order valence-corrected chi connectivity index (χ2v) is 0.101. The monoisotopic (exact) mass is 154 g/mol. The summed E-state index contributed by atoms with van der Waals surface area (Å²) in [6, 6.07) is 0. The van der Waals surface area contributed by atoms with Gasteiger partial charge in [-0.1, -0.05) is 0 Å². The smallest absolute Gasteiger partial charge is 0.214 e. The van der Waals surface area contributed by atoms with Crippen LogP contribution in [0.5, 0.6) is 0 Å². The first-order chi connectivity index (χ1) is 1.41. The van der Waals surface area contributed by atoms with Crippen LogP contribution in [-0.4, -0.2) is 6.93 Å². The molecule has 0 aliphatic carbocycles. The van der Waals surface area contributed by atoms with Gasteiger partial charge in [-0.15, -0.1) is 0 Å². The van der Waals surface area contributed by atoms with E-state index in [1.54, 1.807) is 0 Å². The topological polar surface area (TPSA) is 0 Å². The molecule has 0 saturated carbocycles. The molecule has 0 radical (unpaired) electrons. The summed E-state index contributed by atoms with van der Waals surface area (Å²) in [6.45, 7) is -1.75. The van der Waals surface area contributed by atoms with Crippen molar-refractivity contribution in [2.75, 3.05) is 6.93 Å². The zero-order chi connectivity index (χ0) is 2.71. The molecule has 0 fully saturated rings. The largest absolute Gasteiger partial charge is 0.229 e. The van der Waals surface area contributed by atoms with Gasteiger partial charge >= 0.3 is 0 Å². The van der Waals surface area contributed by atoms with Crippen LogP contribution in [0.1, 0.15) is 0 Å². The Morgan fingerprint density at radius 3 is 1.25 bits per heavy atom. The quantitative estimate of drug-likeness (QED) is 0.453. The molecule has 0 rings (SSSR count). The van der Waals surface area contributed by atoms with E-state index in [2.05, 4.69) is 0 Å². The van der Waals surface area contributed by atoms with Crippen molar-refractivity contribution in [1.82, 2.24) is 0 Å². The van der Waals surface area contributed by atoms with Crippen molar-refractivity contribution in [3.8, 4) is 0 Å². The van der Waals surface area contributed by atoms with E-state index in [1.807, 2.05) is 0 Å². The second kappa shape index (κ2) is 9.76. The molecule has 0 spiro atoms. The van der Waals surface area contributed by atoms with Crippen LogP contribution >= 0.6 is 0 Å². The van der Waals surface area contributed by atoms with Gasteiger partial charge in [0.2, 0.25) is 6.93 Å². The fourth-order valence-electron chi connectivity index (χ4n) is 0. The van der Waals surface area contributed by atoms with E-state index in [1.165, 1.54) is 0 Å². The van der Waals surface area contributed by atoms with Crippen molar-refractivity contribution in [3.63, 3.8) is 0 Å². The first kappa shape index (κ1) is 8.82. The predicted octanol–water partition coefficient (Wildman–Crippen LogP) is 0.880. The van der Waals surface area contributed by atoms with E-state index in [9.17, 15) is 8.78 Å². The summed E-state index contributed by atoms with van der Waals surface area (Å²) >= 11 is 0. The average Bonchev–Trinajstić information content (AvgIpc) is 0.918. The van der Waals surface area contributed by atoms with Crippen LogP contribution in [0.2, 0.25) is 0 Å². The van der Waals surface area contributed by atoms with Crippen molar-refractivity contribution in [2.45, 2.75) is 0 Å². The molecule has 3 heteroatoms. The van der Waals surface area contributed by atoms with Gasteiger partial charge in [0.15, 0.2) is 0 Å². The van der Waals surface area contributed by atoms with Crippen molar-refractivity contribution in [1.29, 1.82) is 0 Å². The normalized spacial score (nSPS) is 4.50. The molecule has 0 saturated heterocycles. The van der Waals surface area contributed by atoms with E-state index in [-0.39, 0.29) is 19.5 Å². The molecule has 0 aromatic rings. The summed E-state index contributed by atoms with van der Waals surface area (Å²) < 4.78 is 19.2. The molecular formula is CH2F2Ru. The standard InChI is InChI=1S/CH2F2.Ru/c2-1-3;/h1H2;. The van der Waals surface area contributed by atoms with E-state index in [0.29, 0.717) is 0 Å². The van der Waals surface area contributed by atoms with Crippen LogP contribution in [-0.2, 0) is 19.5 Å². The minimum Gasteiger partial charge on any atom is -0.214 e. The van der Waals surface area contributed by atoms with Gasteiger partial charge in [-0.05, 0) is 0 Å². The van der Waals surface area contributed by atoms with Crippen LogP contribution in [0.3, 0.4) is 0 Å². The average molecular weight is 153 g/mol. The molecule has 0 heterocycles. The van der Waals surface area contributed by atoms with E-state index < -0.39 is 6.93 Å². The SMILES string of the molecule is FCF.[Ru]. The Kier molecular flexibility index (Phi) is 21.5. The zero-order valence-corrected chi connectivity index (χ0v) is 3.55. The Morgan fingerprint density at radius 1 is 1.25 bits per heavy atom. The molecule has 0 aromatic heterocycles. The summed E-state index contributed by atoms with van der Waals surface area (Å²) in [6.07, 6.45) is 0. The summed E-state index contributed by atoms with van der Waals surface area (Å²) in [4.78, 5) is 0. The Labute approximate surface area is 36.0 Å².